The van der Waals surface area contributed by atoms with E-state index in [9.17, 15) is 14.4 Å². The van der Waals surface area contributed by atoms with Crippen LogP contribution in [0, 0.1) is 0 Å². The molecule has 4 rings (SSSR count). The van der Waals surface area contributed by atoms with Crippen LogP contribution in [0.15, 0.2) is 65.3 Å². The summed E-state index contributed by atoms with van der Waals surface area (Å²) in [4.78, 5) is 37.7. The third-order valence-electron chi connectivity index (χ3n) is 6.02. The molecule has 0 saturated heterocycles. The van der Waals surface area contributed by atoms with Crippen LogP contribution in [0.5, 0.6) is 0 Å². The Kier molecular flexibility index (Phi) is 8.62. The highest BCUT2D eigenvalue weighted by Gasteiger charge is 2.19. The van der Waals surface area contributed by atoms with E-state index in [1.165, 1.54) is 6.42 Å². The molecule has 4 N–H and O–H groups in total. The largest absolute Gasteiger partial charge is 0.467 e. The number of hydrogen-bond donors (Lipinski definition) is 4. The van der Waals surface area contributed by atoms with Crippen molar-refractivity contribution in [2.45, 2.75) is 44.7 Å². The molecule has 3 amide bonds. The van der Waals surface area contributed by atoms with Crippen molar-refractivity contribution >= 4 is 40.7 Å². The highest BCUT2D eigenvalue weighted by atomic mass is 35.5. The van der Waals surface area contributed by atoms with Gasteiger partial charge in [-0.15, -0.1) is 0 Å². The predicted molar refractivity (Wildman–Crippen MR) is 139 cm³/mol. The van der Waals surface area contributed by atoms with Crippen molar-refractivity contribution in [3.8, 4) is 0 Å². The number of halogens is 1. The van der Waals surface area contributed by atoms with Gasteiger partial charge in [-0.2, -0.15) is 0 Å². The Hall–Kier alpha value is -3.78. The Morgan fingerprint density at radius 3 is 2.53 bits per heavy atom. The number of rotatable bonds is 9. The Labute approximate surface area is 214 Å². The number of amides is 3. The van der Waals surface area contributed by atoms with Crippen molar-refractivity contribution in [3.63, 3.8) is 0 Å². The summed E-state index contributed by atoms with van der Waals surface area (Å²) in [5.74, 6) is -0.127. The topological polar surface area (TPSA) is 112 Å². The molecule has 1 saturated carbocycles. The van der Waals surface area contributed by atoms with Gasteiger partial charge in [-0.05, 0) is 61.4 Å². The highest BCUT2D eigenvalue weighted by Crippen LogP contribution is 2.23. The molecule has 8 nitrogen and oxygen atoms in total. The highest BCUT2D eigenvalue weighted by molar-refractivity contribution is 6.34. The molecule has 9 heteroatoms. The minimum absolute atomic E-state index is 0.0241. The van der Waals surface area contributed by atoms with Crippen molar-refractivity contribution in [3.05, 3.63) is 82.8 Å². The number of carbonyl (C=O) groups is 3. The first-order chi connectivity index (χ1) is 17.5. The van der Waals surface area contributed by atoms with Gasteiger partial charge in [0.1, 0.15) is 5.76 Å². The Balaban J connectivity index is 1.29. The lowest BCUT2D eigenvalue weighted by Crippen LogP contribution is -2.36. The SMILES string of the molecule is O=C(CNc1cccc(C(=O)NCc2ccco2)c1)Nc1ccc(Cl)c(C(=O)NC2CCCCC2)c1. The van der Waals surface area contributed by atoms with Crippen LogP contribution in [0.3, 0.4) is 0 Å². The van der Waals surface area contributed by atoms with Crippen LogP contribution < -0.4 is 21.3 Å². The molecule has 1 aliphatic rings. The molecule has 2 aromatic carbocycles. The molecule has 1 aromatic heterocycles. The van der Waals surface area contributed by atoms with E-state index in [2.05, 4.69) is 21.3 Å². The number of carbonyl (C=O) groups excluding carboxylic acids is 3. The number of anilines is 2. The molecule has 188 valence electrons. The van der Waals surface area contributed by atoms with E-state index in [1.807, 2.05) is 0 Å². The molecule has 36 heavy (non-hydrogen) atoms. The summed E-state index contributed by atoms with van der Waals surface area (Å²) in [7, 11) is 0. The molecule has 3 aromatic rings. The van der Waals surface area contributed by atoms with Gasteiger partial charge in [-0.25, -0.2) is 0 Å². The van der Waals surface area contributed by atoms with Crippen molar-refractivity contribution < 1.29 is 18.8 Å². The van der Waals surface area contributed by atoms with Crippen molar-refractivity contribution in [1.82, 2.24) is 10.6 Å². The quantitative estimate of drug-likeness (QED) is 0.326. The fourth-order valence-corrected chi connectivity index (χ4v) is 4.33. The summed E-state index contributed by atoms with van der Waals surface area (Å²) in [6, 6.07) is 15.4. The molecule has 0 bridgehead atoms. The lowest BCUT2D eigenvalue weighted by Gasteiger charge is -2.23. The lowest BCUT2D eigenvalue weighted by atomic mass is 9.95. The zero-order valence-electron chi connectivity index (χ0n) is 19.8. The smallest absolute Gasteiger partial charge is 0.253 e. The summed E-state index contributed by atoms with van der Waals surface area (Å²) in [6.07, 6.45) is 6.91. The predicted octanol–water partition coefficient (Wildman–Crippen LogP) is 4.98. The van der Waals surface area contributed by atoms with E-state index in [4.69, 9.17) is 16.0 Å². The lowest BCUT2D eigenvalue weighted by molar-refractivity contribution is -0.114. The third-order valence-corrected chi connectivity index (χ3v) is 6.35. The van der Waals surface area contributed by atoms with E-state index in [0.29, 0.717) is 33.3 Å². The van der Waals surface area contributed by atoms with Gasteiger partial charge in [-0.3, -0.25) is 14.4 Å². The molecule has 1 fully saturated rings. The van der Waals surface area contributed by atoms with Gasteiger partial charge in [0, 0.05) is 23.0 Å². The van der Waals surface area contributed by atoms with Gasteiger partial charge in [0.2, 0.25) is 5.91 Å². The molecular formula is C27H29ClN4O4. The van der Waals surface area contributed by atoms with E-state index >= 15 is 0 Å². The average Bonchev–Trinajstić information content (AvgIpc) is 3.42. The zero-order valence-corrected chi connectivity index (χ0v) is 20.6. The second-order valence-electron chi connectivity index (χ2n) is 8.75. The summed E-state index contributed by atoms with van der Waals surface area (Å²) in [6.45, 7) is 0.261. The van der Waals surface area contributed by atoms with Gasteiger partial charge in [0.05, 0.1) is 29.9 Å². The van der Waals surface area contributed by atoms with Crippen molar-refractivity contribution in [2.75, 3.05) is 17.2 Å². The standard InChI is InChI=1S/C27H29ClN4O4/c28-24-12-11-21(15-23(24)27(35)32-19-7-2-1-3-8-19)31-25(33)17-29-20-9-4-6-18(14-20)26(34)30-16-22-10-5-13-36-22/h4-6,9-15,19,29H,1-3,7-8,16-17H2,(H,30,34)(H,31,33)(H,32,35). The second kappa shape index (κ2) is 12.3. The van der Waals surface area contributed by atoms with E-state index < -0.39 is 0 Å². The minimum atomic E-state index is -0.302. The van der Waals surface area contributed by atoms with Gasteiger partial charge in [0.15, 0.2) is 0 Å². The molecule has 1 heterocycles. The van der Waals surface area contributed by atoms with Crippen LogP contribution in [0.1, 0.15) is 58.6 Å². The molecule has 1 aliphatic carbocycles. The average molecular weight is 509 g/mol. The Morgan fingerprint density at radius 1 is 0.917 bits per heavy atom. The number of nitrogens with one attached hydrogen (secondary N) is 4. The van der Waals surface area contributed by atoms with Crippen LogP contribution in [-0.4, -0.2) is 30.3 Å². The van der Waals surface area contributed by atoms with E-state index in [-0.39, 0.29) is 36.9 Å². The first-order valence-electron chi connectivity index (χ1n) is 12.0. The minimum Gasteiger partial charge on any atom is -0.467 e. The van der Waals surface area contributed by atoms with E-state index in [0.717, 1.165) is 25.7 Å². The maximum atomic E-state index is 12.7. The van der Waals surface area contributed by atoms with Crippen LogP contribution >= 0.6 is 11.6 Å². The number of furan rings is 1. The first-order valence-corrected chi connectivity index (χ1v) is 12.4. The fourth-order valence-electron chi connectivity index (χ4n) is 4.13. The van der Waals surface area contributed by atoms with Gasteiger partial charge in [0.25, 0.3) is 11.8 Å². The summed E-state index contributed by atoms with van der Waals surface area (Å²) >= 11 is 6.25. The number of benzene rings is 2. The van der Waals surface area contributed by atoms with Crippen molar-refractivity contribution in [2.24, 2.45) is 0 Å². The summed E-state index contributed by atoms with van der Waals surface area (Å²) in [5.41, 5.74) is 1.89. The molecule has 0 radical (unpaired) electrons. The van der Waals surface area contributed by atoms with Crippen LogP contribution in [0.25, 0.3) is 0 Å². The maximum absolute atomic E-state index is 12.7. The summed E-state index contributed by atoms with van der Waals surface area (Å²) < 4.78 is 5.22. The van der Waals surface area contributed by atoms with Gasteiger partial charge < -0.3 is 25.7 Å². The van der Waals surface area contributed by atoms with Gasteiger partial charge in [-0.1, -0.05) is 36.9 Å². The van der Waals surface area contributed by atoms with Crippen molar-refractivity contribution in [1.29, 1.82) is 0 Å². The van der Waals surface area contributed by atoms with Crippen LogP contribution in [0.4, 0.5) is 11.4 Å². The second-order valence-corrected chi connectivity index (χ2v) is 9.15. The summed E-state index contributed by atoms with van der Waals surface area (Å²) in [5, 5.41) is 12.0. The maximum Gasteiger partial charge on any atom is 0.253 e. The van der Waals surface area contributed by atoms with Crippen LogP contribution in [-0.2, 0) is 11.3 Å². The molecule has 0 unspecified atom stereocenters. The monoisotopic (exact) mass is 508 g/mol. The Bertz CT molecular complexity index is 1210. The molecule has 0 atom stereocenters. The third kappa shape index (κ3) is 7.11. The normalized spacial score (nSPS) is 13.6. The Morgan fingerprint density at radius 2 is 1.75 bits per heavy atom. The van der Waals surface area contributed by atoms with Crippen LogP contribution in [0.2, 0.25) is 5.02 Å². The molecule has 0 spiro atoms. The van der Waals surface area contributed by atoms with E-state index in [1.54, 1.807) is 60.9 Å². The van der Waals surface area contributed by atoms with Gasteiger partial charge >= 0.3 is 0 Å². The number of hydrogen-bond acceptors (Lipinski definition) is 5. The first kappa shape index (κ1) is 25.3. The fraction of sp³-hybridized carbons (Fsp3) is 0.296. The molecule has 0 aliphatic heterocycles. The zero-order chi connectivity index (χ0) is 25.3. The molecular weight excluding hydrogens is 480 g/mol.